The summed E-state index contributed by atoms with van der Waals surface area (Å²) in [5.74, 6) is -3.72. The van der Waals surface area contributed by atoms with Crippen molar-refractivity contribution in [2.75, 3.05) is 6.61 Å². The molecule has 2 amide bonds. The molecule has 1 aliphatic rings. The van der Waals surface area contributed by atoms with Gasteiger partial charge in [-0.2, -0.15) is 0 Å². The maximum atomic E-state index is 13.8. The highest BCUT2D eigenvalue weighted by molar-refractivity contribution is 5.86. The van der Waals surface area contributed by atoms with Crippen LogP contribution in [0.5, 0.6) is 0 Å². The second-order valence-corrected chi connectivity index (χ2v) is 14.2. The van der Waals surface area contributed by atoms with Gasteiger partial charge in [0.15, 0.2) is 24.5 Å². The molecule has 1 heterocycles. The number of carbonyl (C=O) groups is 6. The molecule has 0 saturated carbocycles. The molecule has 1 saturated heterocycles. The van der Waals surface area contributed by atoms with E-state index in [9.17, 15) is 28.8 Å². The van der Waals surface area contributed by atoms with Gasteiger partial charge in [0.2, 0.25) is 5.91 Å². The van der Waals surface area contributed by atoms with Gasteiger partial charge in [0, 0.05) is 27.7 Å². The van der Waals surface area contributed by atoms with Crippen molar-refractivity contribution in [2.24, 2.45) is 0 Å². The van der Waals surface area contributed by atoms with Crippen LogP contribution in [0.3, 0.4) is 0 Å². The fraction of sp³-hybridized carbons (Fsp3) is 0.838. The number of nitrogens with one attached hydrogen (secondary N) is 2. The van der Waals surface area contributed by atoms with Gasteiger partial charge in [-0.1, -0.05) is 96.8 Å². The standard InChI is InChI=1S/C37H64N2O12/c1-9-10-11-12-13-14-15-16-17-18-19-20-21-22-23-29(38-36(45)51-37(6,7)8)34(44)39-35-33(49-28(5)43)32(48-27(4)42)31(47-26(3)41)30(50-35)24-46-25(2)40/h29-33,35H,9-24H2,1-8H3,(H,38,45)(H,39,44)/t29-,30-,31-,32+,33-,35-/m1/s1. The van der Waals surface area contributed by atoms with Crippen LogP contribution in [0.1, 0.15) is 152 Å². The predicted molar refractivity (Wildman–Crippen MR) is 188 cm³/mol. The zero-order chi connectivity index (χ0) is 38.4. The van der Waals surface area contributed by atoms with E-state index < -0.39 is 84.8 Å². The van der Waals surface area contributed by atoms with Crippen molar-refractivity contribution in [1.29, 1.82) is 0 Å². The van der Waals surface area contributed by atoms with Crippen molar-refractivity contribution in [2.45, 2.75) is 194 Å². The number of hydrogen-bond acceptors (Lipinski definition) is 12. The second kappa shape index (κ2) is 24.7. The molecule has 0 radical (unpaired) electrons. The van der Waals surface area contributed by atoms with Crippen LogP contribution in [-0.2, 0) is 52.4 Å². The Hall–Kier alpha value is -3.42. The minimum Gasteiger partial charge on any atom is -0.463 e. The number of rotatable bonds is 23. The zero-order valence-electron chi connectivity index (χ0n) is 32.2. The summed E-state index contributed by atoms with van der Waals surface area (Å²) < 4.78 is 32.8. The van der Waals surface area contributed by atoms with Crippen LogP contribution in [-0.4, -0.2) is 84.8 Å². The highest BCUT2D eigenvalue weighted by Crippen LogP contribution is 2.29. The minimum absolute atomic E-state index is 0.272. The first-order chi connectivity index (χ1) is 24.0. The number of carbonyl (C=O) groups excluding carboxylic acids is 6. The molecule has 14 heteroatoms. The van der Waals surface area contributed by atoms with E-state index in [0.29, 0.717) is 6.42 Å². The van der Waals surface area contributed by atoms with E-state index in [0.717, 1.165) is 46.5 Å². The van der Waals surface area contributed by atoms with Crippen molar-refractivity contribution < 1.29 is 57.2 Å². The third kappa shape index (κ3) is 20.9. The molecule has 1 fully saturated rings. The van der Waals surface area contributed by atoms with E-state index in [1.54, 1.807) is 20.8 Å². The van der Waals surface area contributed by atoms with Crippen LogP contribution < -0.4 is 10.6 Å². The van der Waals surface area contributed by atoms with E-state index in [-0.39, 0.29) is 6.42 Å². The fourth-order valence-corrected chi connectivity index (χ4v) is 5.85. The molecule has 294 valence electrons. The molecule has 0 unspecified atom stereocenters. The van der Waals surface area contributed by atoms with Gasteiger partial charge in [-0.05, 0) is 27.2 Å². The topological polar surface area (TPSA) is 182 Å². The lowest BCUT2D eigenvalue weighted by molar-refractivity contribution is -0.257. The first-order valence-electron chi connectivity index (χ1n) is 18.6. The van der Waals surface area contributed by atoms with Crippen LogP contribution in [0.2, 0.25) is 0 Å². The highest BCUT2D eigenvalue weighted by Gasteiger charge is 2.53. The number of alkyl carbamates (subject to hydrolysis) is 1. The summed E-state index contributed by atoms with van der Waals surface area (Å²) >= 11 is 0. The summed E-state index contributed by atoms with van der Waals surface area (Å²) in [5.41, 5.74) is -0.819. The molecular formula is C37H64N2O12. The first kappa shape index (κ1) is 45.6. The van der Waals surface area contributed by atoms with Gasteiger partial charge in [0.1, 0.15) is 24.4 Å². The van der Waals surface area contributed by atoms with Crippen LogP contribution >= 0.6 is 0 Å². The van der Waals surface area contributed by atoms with E-state index >= 15 is 0 Å². The molecule has 0 aliphatic carbocycles. The SMILES string of the molecule is CCCCCCCCCCCCCCCC[C@@H](NC(=O)OC(C)(C)C)C(=O)N[C@@H]1O[C@H](COC(C)=O)[C@@H](OC(C)=O)[C@H](OC(C)=O)[C@H]1OC(C)=O. The monoisotopic (exact) mass is 728 g/mol. The Balaban J connectivity index is 3.00. The van der Waals surface area contributed by atoms with Crippen LogP contribution in [0, 0.1) is 0 Å². The van der Waals surface area contributed by atoms with E-state index in [2.05, 4.69) is 17.6 Å². The van der Waals surface area contributed by atoms with Gasteiger partial charge < -0.3 is 39.1 Å². The summed E-state index contributed by atoms with van der Waals surface area (Å²) in [6.45, 7) is 11.4. The second-order valence-electron chi connectivity index (χ2n) is 14.2. The number of ether oxygens (including phenoxy) is 6. The number of esters is 4. The van der Waals surface area contributed by atoms with E-state index in [1.807, 2.05) is 0 Å². The molecule has 6 atom stereocenters. The predicted octanol–water partition coefficient (Wildman–Crippen LogP) is 5.95. The van der Waals surface area contributed by atoms with Gasteiger partial charge in [0.05, 0.1) is 0 Å². The lowest BCUT2D eigenvalue weighted by Crippen LogP contribution is -2.67. The summed E-state index contributed by atoms with van der Waals surface area (Å²) in [6, 6.07) is -1.07. The Morgan fingerprint density at radius 1 is 0.627 bits per heavy atom. The first-order valence-corrected chi connectivity index (χ1v) is 18.6. The van der Waals surface area contributed by atoms with Crippen molar-refractivity contribution in [3.8, 4) is 0 Å². The number of unbranched alkanes of at least 4 members (excludes halogenated alkanes) is 13. The molecule has 14 nitrogen and oxygen atoms in total. The molecule has 0 spiro atoms. The van der Waals surface area contributed by atoms with Gasteiger partial charge in [-0.15, -0.1) is 0 Å². The maximum absolute atomic E-state index is 13.8. The largest absolute Gasteiger partial charge is 0.463 e. The minimum atomic E-state index is -1.48. The van der Waals surface area contributed by atoms with Crippen molar-refractivity contribution >= 4 is 35.9 Å². The third-order valence-electron chi connectivity index (χ3n) is 8.13. The molecule has 2 N–H and O–H groups in total. The lowest BCUT2D eigenvalue weighted by Gasteiger charge is -2.44. The molecule has 0 aromatic carbocycles. The normalized spacial score (nSPS) is 20.7. The molecule has 1 rings (SSSR count). The maximum Gasteiger partial charge on any atom is 0.408 e. The zero-order valence-corrected chi connectivity index (χ0v) is 32.2. The number of hydrogen-bond donors (Lipinski definition) is 2. The van der Waals surface area contributed by atoms with Crippen LogP contribution in [0.4, 0.5) is 4.79 Å². The summed E-state index contributed by atoms with van der Waals surface area (Å²) in [7, 11) is 0. The Labute approximate surface area is 304 Å². The molecule has 1 aliphatic heterocycles. The Morgan fingerprint density at radius 3 is 1.53 bits per heavy atom. The summed E-state index contributed by atoms with van der Waals surface area (Å²) in [4.78, 5) is 74.6. The highest BCUT2D eigenvalue weighted by atomic mass is 16.7. The molecular weight excluding hydrogens is 664 g/mol. The van der Waals surface area contributed by atoms with Crippen molar-refractivity contribution in [1.82, 2.24) is 10.6 Å². The quantitative estimate of drug-likeness (QED) is 0.0718. The van der Waals surface area contributed by atoms with Gasteiger partial charge in [0.25, 0.3) is 0 Å². The summed E-state index contributed by atoms with van der Waals surface area (Å²) in [5, 5.41) is 5.29. The van der Waals surface area contributed by atoms with Crippen molar-refractivity contribution in [3.63, 3.8) is 0 Å². The molecule has 0 aromatic rings. The van der Waals surface area contributed by atoms with Gasteiger partial charge in [-0.3, -0.25) is 24.0 Å². The van der Waals surface area contributed by atoms with Gasteiger partial charge >= 0.3 is 30.0 Å². The van der Waals surface area contributed by atoms with Gasteiger partial charge in [-0.25, -0.2) is 4.79 Å². The Kier molecular flexibility index (Phi) is 22.1. The van der Waals surface area contributed by atoms with Crippen LogP contribution in [0.15, 0.2) is 0 Å². The molecule has 0 bridgehead atoms. The smallest absolute Gasteiger partial charge is 0.408 e. The molecule has 0 aromatic heterocycles. The number of amides is 2. The Morgan fingerprint density at radius 2 is 1.08 bits per heavy atom. The van der Waals surface area contributed by atoms with Crippen LogP contribution in [0.25, 0.3) is 0 Å². The van der Waals surface area contributed by atoms with Crippen molar-refractivity contribution in [3.05, 3.63) is 0 Å². The average Bonchev–Trinajstić information content (AvgIpc) is 3.00. The van der Waals surface area contributed by atoms with E-state index in [1.165, 1.54) is 64.7 Å². The molecule has 51 heavy (non-hydrogen) atoms. The van der Waals surface area contributed by atoms with E-state index in [4.69, 9.17) is 28.4 Å². The lowest BCUT2D eigenvalue weighted by atomic mass is 9.96. The fourth-order valence-electron chi connectivity index (χ4n) is 5.85. The third-order valence-corrected chi connectivity index (χ3v) is 8.13. The Bertz CT molecular complexity index is 1090. The average molecular weight is 729 g/mol. The summed E-state index contributed by atoms with van der Waals surface area (Å²) in [6.07, 6.45) is 8.79.